The van der Waals surface area contributed by atoms with Crippen molar-refractivity contribution in [1.82, 2.24) is 9.80 Å². The molecule has 0 bridgehead atoms. The quantitative estimate of drug-likeness (QED) is 0.551. The molecule has 2 amide bonds. The molecule has 0 aromatic rings. The van der Waals surface area contributed by atoms with Crippen LogP contribution in [0.1, 0.15) is 20.3 Å². The average molecular weight is 262 g/mol. The lowest BCUT2D eigenvalue weighted by atomic mass is 10.2. The summed E-state index contributed by atoms with van der Waals surface area (Å²) < 4.78 is 0. The summed E-state index contributed by atoms with van der Waals surface area (Å²) in [6.07, 6.45) is -0.133. The number of aliphatic hydroxyl groups is 2. The van der Waals surface area contributed by atoms with Crippen LogP contribution in [0.2, 0.25) is 0 Å². The van der Waals surface area contributed by atoms with Crippen molar-refractivity contribution >= 4 is 12.0 Å². The Labute approximate surface area is 107 Å². The Morgan fingerprint density at radius 1 is 1.17 bits per heavy atom. The number of rotatable bonds is 8. The minimum atomic E-state index is -0.968. The molecule has 0 aromatic heterocycles. The van der Waals surface area contributed by atoms with Gasteiger partial charge in [-0.2, -0.15) is 0 Å². The maximum absolute atomic E-state index is 12.1. The number of hydrogen-bond donors (Lipinski definition) is 3. The third-order valence-corrected chi connectivity index (χ3v) is 2.60. The third kappa shape index (κ3) is 5.33. The monoisotopic (exact) mass is 262 g/mol. The van der Waals surface area contributed by atoms with Crippen molar-refractivity contribution in [1.29, 1.82) is 0 Å². The van der Waals surface area contributed by atoms with E-state index >= 15 is 0 Å². The summed E-state index contributed by atoms with van der Waals surface area (Å²) in [6.45, 7) is 3.64. The van der Waals surface area contributed by atoms with Gasteiger partial charge < -0.3 is 25.1 Å². The van der Waals surface area contributed by atoms with Crippen LogP contribution in [-0.4, -0.2) is 76.0 Å². The molecule has 18 heavy (non-hydrogen) atoms. The number of carboxylic acids is 1. The fourth-order valence-corrected chi connectivity index (χ4v) is 1.72. The molecule has 0 heterocycles. The first-order valence-corrected chi connectivity index (χ1v) is 5.96. The maximum atomic E-state index is 12.1. The highest BCUT2D eigenvalue weighted by Gasteiger charge is 2.24. The van der Waals surface area contributed by atoms with E-state index in [0.29, 0.717) is 6.54 Å². The molecular weight excluding hydrogens is 240 g/mol. The van der Waals surface area contributed by atoms with Crippen LogP contribution in [0.3, 0.4) is 0 Å². The van der Waals surface area contributed by atoms with Crippen LogP contribution in [0.5, 0.6) is 0 Å². The van der Waals surface area contributed by atoms with Crippen molar-refractivity contribution in [3.8, 4) is 0 Å². The van der Waals surface area contributed by atoms with E-state index in [1.165, 1.54) is 9.80 Å². The molecule has 1 unspecified atom stereocenters. The number of carbonyl (C=O) groups is 2. The first kappa shape index (κ1) is 16.7. The zero-order valence-electron chi connectivity index (χ0n) is 10.9. The Kier molecular flexibility index (Phi) is 8.06. The molecule has 0 aliphatic heterocycles. The number of hydrogen-bond acceptors (Lipinski definition) is 4. The molecule has 7 nitrogen and oxygen atoms in total. The number of carbonyl (C=O) groups excluding carboxylic acids is 1. The van der Waals surface area contributed by atoms with E-state index in [1.54, 1.807) is 13.8 Å². The smallest absolute Gasteiger partial charge is 0.320 e. The second-order valence-corrected chi connectivity index (χ2v) is 3.95. The molecule has 0 radical (unpaired) electrons. The van der Waals surface area contributed by atoms with Gasteiger partial charge in [0.15, 0.2) is 0 Å². The van der Waals surface area contributed by atoms with Gasteiger partial charge in [0.1, 0.15) is 0 Å². The molecular formula is C11H22N2O5. The summed E-state index contributed by atoms with van der Waals surface area (Å²) in [5.41, 5.74) is 0. The minimum Gasteiger partial charge on any atom is -0.481 e. The summed E-state index contributed by atoms with van der Waals surface area (Å²) in [7, 11) is 0. The van der Waals surface area contributed by atoms with E-state index < -0.39 is 12.0 Å². The van der Waals surface area contributed by atoms with Crippen molar-refractivity contribution in [2.24, 2.45) is 0 Å². The lowest BCUT2D eigenvalue weighted by molar-refractivity contribution is -0.138. The van der Waals surface area contributed by atoms with Gasteiger partial charge >= 0.3 is 12.0 Å². The molecule has 0 aromatic carbocycles. The summed E-state index contributed by atoms with van der Waals surface area (Å²) >= 11 is 0. The summed E-state index contributed by atoms with van der Waals surface area (Å²) in [6, 6.07) is -0.797. The van der Waals surface area contributed by atoms with Crippen molar-refractivity contribution < 1.29 is 24.9 Å². The predicted octanol–water partition coefficient (Wildman–Crippen LogP) is -0.422. The van der Waals surface area contributed by atoms with E-state index in [1.807, 2.05) is 0 Å². The highest BCUT2D eigenvalue weighted by Crippen LogP contribution is 2.08. The van der Waals surface area contributed by atoms with Gasteiger partial charge in [0, 0.05) is 25.7 Å². The zero-order chi connectivity index (χ0) is 14.1. The fraction of sp³-hybridized carbons (Fsp3) is 0.818. The Morgan fingerprint density at radius 2 is 1.67 bits per heavy atom. The van der Waals surface area contributed by atoms with Gasteiger partial charge in [-0.1, -0.05) is 0 Å². The SMILES string of the molecule is CCN(C(=O)N(CCO)CCO)C(C)CC(=O)O. The van der Waals surface area contributed by atoms with Gasteiger partial charge in [-0.25, -0.2) is 4.79 Å². The number of urea groups is 1. The lowest BCUT2D eigenvalue weighted by Gasteiger charge is -2.32. The Morgan fingerprint density at radius 3 is 2.00 bits per heavy atom. The molecule has 0 spiro atoms. The van der Waals surface area contributed by atoms with E-state index in [0.717, 1.165) is 0 Å². The second-order valence-electron chi connectivity index (χ2n) is 3.95. The lowest BCUT2D eigenvalue weighted by Crippen LogP contribution is -2.49. The highest BCUT2D eigenvalue weighted by molar-refractivity contribution is 5.76. The first-order chi connectivity index (χ1) is 8.47. The standard InChI is InChI=1S/C11H22N2O5/c1-3-13(9(2)8-10(16)17)11(18)12(4-6-14)5-7-15/h9,14-15H,3-8H2,1-2H3,(H,16,17). The van der Waals surface area contributed by atoms with Crippen molar-refractivity contribution in [3.05, 3.63) is 0 Å². The number of nitrogens with zero attached hydrogens (tertiary/aromatic N) is 2. The molecule has 7 heteroatoms. The average Bonchev–Trinajstić information content (AvgIpc) is 2.28. The molecule has 0 saturated heterocycles. The van der Waals surface area contributed by atoms with Gasteiger partial charge in [-0.05, 0) is 13.8 Å². The van der Waals surface area contributed by atoms with E-state index in [4.69, 9.17) is 15.3 Å². The normalized spacial score (nSPS) is 12.0. The van der Waals surface area contributed by atoms with Crippen LogP contribution in [-0.2, 0) is 4.79 Å². The van der Waals surface area contributed by atoms with Crippen LogP contribution in [0.15, 0.2) is 0 Å². The summed E-state index contributed by atoms with van der Waals surface area (Å²) in [4.78, 5) is 25.5. The highest BCUT2D eigenvalue weighted by atomic mass is 16.4. The van der Waals surface area contributed by atoms with E-state index in [9.17, 15) is 9.59 Å². The Bertz CT molecular complexity index is 266. The molecule has 106 valence electrons. The molecule has 0 saturated carbocycles. The molecule has 0 rings (SSSR count). The molecule has 3 N–H and O–H groups in total. The Balaban J connectivity index is 4.68. The van der Waals surface area contributed by atoms with E-state index in [2.05, 4.69) is 0 Å². The molecule has 0 aliphatic rings. The van der Waals surface area contributed by atoms with Gasteiger partial charge in [-0.15, -0.1) is 0 Å². The zero-order valence-corrected chi connectivity index (χ0v) is 10.9. The fourth-order valence-electron chi connectivity index (χ4n) is 1.72. The van der Waals surface area contributed by atoms with Gasteiger partial charge in [0.2, 0.25) is 0 Å². The van der Waals surface area contributed by atoms with Crippen LogP contribution < -0.4 is 0 Å². The van der Waals surface area contributed by atoms with Crippen LogP contribution in [0.25, 0.3) is 0 Å². The number of aliphatic carboxylic acids is 1. The third-order valence-electron chi connectivity index (χ3n) is 2.60. The largest absolute Gasteiger partial charge is 0.481 e. The van der Waals surface area contributed by atoms with Gasteiger partial charge in [-0.3, -0.25) is 4.79 Å². The number of aliphatic hydroxyl groups excluding tert-OH is 2. The minimum absolute atomic E-state index is 0.121. The van der Waals surface area contributed by atoms with Crippen molar-refractivity contribution in [2.45, 2.75) is 26.3 Å². The van der Waals surface area contributed by atoms with Gasteiger partial charge in [0.25, 0.3) is 0 Å². The van der Waals surface area contributed by atoms with Crippen LogP contribution in [0, 0.1) is 0 Å². The number of carboxylic acid groups (broad SMARTS) is 1. The summed E-state index contributed by atoms with van der Waals surface area (Å²) in [5, 5.41) is 26.4. The topological polar surface area (TPSA) is 101 Å². The molecule has 0 aliphatic carbocycles. The van der Waals surface area contributed by atoms with Crippen molar-refractivity contribution in [3.63, 3.8) is 0 Å². The van der Waals surface area contributed by atoms with Crippen LogP contribution >= 0.6 is 0 Å². The van der Waals surface area contributed by atoms with Gasteiger partial charge in [0.05, 0.1) is 19.6 Å². The van der Waals surface area contributed by atoms with Crippen LogP contribution in [0.4, 0.5) is 4.79 Å². The molecule has 0 fully saturated rings. The summed E-state index contributed by atoms with van der Waals surface area (Å²) in [5.74, 6) is -0.968. The molecule has 1 atom stereocenters. The second kappa shape index (κ2) is 8.71. The van der Waals surface area contributed by atoms with Crippen molar-refractivity contribution in [2.75, 3.05) is 32.8 Å². The predicted molar refractivity (Wildman–Crippen MR) is 65.2 cm³/mol. The first-order valence-electron chi connectivity index (χ1n) is 5.96. The van der Waals surface area contributed by atoms with E-state index in [-0.39, 0.29) is 38.8 Å². The Hall–Kier alpha value is -1.34. The number of amides is 2. The maximum Gasteiger partial charge on any atom is 0.320 e.